The van der Waals surface area contributed by atoms with Crippen LogP contribution >= 0.6 is 0 Å². The Morgan fingerprint density at radius 3 is 2.52 bits per heavy atom. The number of fused-ring (bicyclic) bond motifs is 2. The zero-order chi connectivity index (χ0) is 29.6. The number of aromatic nitrogens is 2. The molecule has 0 saturated carbocycles. The van der Waals surface area contributed by atoms with E-state index < -0.39 is 11.4 Å². The summed E-state index contributed by atoms with van der Waals surface area (Å²) in [5, 5.41) is 3.66. The van der Waals surface area contributed by atoms with Crippen LogP contribution in [0.1, 0.15) is 27.2 Å². The van der Waals surface area contributed by atoms with Crippen molar-refractivity contribution >= 4 is 34.4 Å². The van der Waals surface area contributed by atoms with Crippen molar-refractivity contribution in [1.29, 1.82) is 0 Å². The molecule has 1 aromatic carbocycles. The zero-order valence-electron chi connectivity index (χ0n) is 24.5. The summed E-state index contributed by atoms with van der Waals surface area (Å²) >= 11 is 0. The predicted octanol–water partition coefficient (Wildman–Crippen LogP) is 4.07. The van der Waals surface area contributed by atoms with Gasteiger partial charge in [0.15, 0.2) is 11.6 Å². The van der Waals surface area contributed by atoms with Gasteiger partial charge in [-0.15, -0.1) is 0 Å². The van der Waals surface area contributed by atoms with Gasteiger partial charge >= 0.3 is 6.09 Å². The molecule has 2 atom stereocenters. The Morgan fingerprint density at radius 2 is 1.86 bits per heavy atom. The van der Waals surface area contributed by atoms with Crippen LogP contribution in [0.4, 0.5) is 20.7 Å². The monoisotopic (exact) mass is 576 g/mol. The summed E-state index contributed by atoms with van der Waals surface area (Å²) in [6.07, 6.45) is 2.44. The van der Waals surface area contributed by atoms with Gasteiger partial charge in [-0.1, -0.05) is 0 Å². The lowest BCUT2D eigenvalue weighted by Gasteiger charge is -2.36. The van der Waals surface area contributed by atoms with Crippen molar-refractivity contribution in [3.05, 3.63) is 42.3 Å². The molecule has 42 heavy (non-hydrogen) atoms. The van der Waals surface area contributed by atoms with Crippen molar-refractivity contribution in [2.75, 3.05) is 62.7 Å². The summed E-state index contributed by atoms with van der Waals surface area (Å²) in [6, 6.07) is 9.02. The van der Waals surface area contributed by atoms with Crippen molar-refractivity contribution in [1.82, 2.24) is 20.2 Å². The summed E-state index contributed by atoms with van der Waals surface area (Å²) in [5.41, 5.74) is 2.47. The van der Waals surface area contributed by atoms with E-state index in [-0.39, 0.29) is 29.6 Å². The number of hydrogen-bond donors (Lipinski definition) is 1. The molecule has 222 valence electrons. The van der Waals surface area contributed by atoms with Gasteiger partial charge in [0.25, 0.3) is 0 Å². The number of carbonyl (C=O) groups excluding carboxylic acids is 2. The van der Waals surface area contributed by atoms with Gasteiger partial charge in [0, 0.05) is 74.7 Å². The molecule has 11 heteroatoms. The van der Waals surface area contributed by atoms with Crippen molar-refractivity contribution in [3.63, 3.8) is 0 Å². The molecule has 0 radical (unpaired) electrons. The average Bonchev–Trinajstić information content (AvgIpc) is 3.41. The maximum atomic E-state index is 14.9. The fraction of sp³-hybridized carbons (Fsp3) is 0.484. The lowest BCUT2D eigenvalue weighted by atomic mass is 9.89. The van der Waals surface area contributed by atoms with Crippen LogP contribution in [0.3, 0.4) is 0 Å². The van der Waals surface area contributed by atoms with E-state index in [1.807, 2.05) is 39.0 Å². The van der Waals surface area contributed by atoms with Gasteiger partial charge in [-0.05, 0) is 57.4 Å². The van der Waals surface area contributed by atoms with E-state index in [2.05, 4.69) is 15.1 Å². The molecular weight excluding hydrogens is 539 g/mol. The molecule has 5 heterocycles. The first kappa shape index (κ1) is 28.0. The summed E-state index contributed by atoms with van der Waals surface area (Å²) in [6.45, 7) is 10.0. The average molecular weight is 577 g/mol. The van der Waals surface area contributed by atoms with Crippen LogP contribution in [-0.4, -0.2) is 85.4 Å². The minimum atomic E-state index is -0.525. The smallest absolute Gasteiger partial charge is 0.410 e. The maximum absolute atomic E-state index is 14.9. The quantitative estimate of drug-likeness (QED) is 0.496. The molecule has 3 aliphatic rings. The number of ether oxygens (including phenoxy) is 2. The Balaban J connectivity index is 1.26. The van der Waals surface area contributed by atoms with Crippen molar-refractivity contribution in [3.8, 4) is 17.0 Å². The molecular formula is C31H37FN6O4. The molecule has 0 unspecified atom stereocenters. The molecule has 6 rings (SSSR count). The van der Waals surface area contributed by atoms with Crippen molar-refractivity contribution in [2.45, 2.75) is 32.8 Å². The molecule has 3 saturated heterocycles. The number of nitrogens with one attached hydrogen (secondary N) is 1. The number of methoxy groups -OCH3 is 1. The molecule has 2 amide bonds. The highest BCUT2D eigenvalue weighted by molar-refractivity contribution is 5.96. The minimum Gasteiger partial charge on any atom is -0.494 e. The Morgan fingerprint density at radius 1 is 1.07 bits per heavy atom. The second-order valence-corrected chi connectivity index (χ2v) is 12.2. The Labute approximate surface area is 244 Å². The summed E-state index contributed by atoms with van der Waals surface area (Å²) in [5.74, 6) is 0.781. The van der Waals surface area contributed by atoms with Crippen LogP contribution < -0.4 is 19.9 Å². The number of hydrogen-bond acceptors (Lipinski definition) is 8. The van der Waals surface area contributed by atoms with Gasteiger partial charge in [-0.25, -0.2) is 19.2 Å². The molecule has 0 aliphatic carbocycles. The van der Waals surface area contributed by atoms with E-state index in [9.17, 15) is 14.0 Å². The molecule has 3 fully saturated rings. The maximum Gasteiger partial charge on any atom is 0.410 e. The minimum absolute atomic E-state index is 0.0785. The van der Waals surface area contributed by atoms with Crippen LogP contribution in [0, 0.1) is 17.7 Å². The van der Waals surface area contributed by atoms with Crippen molar-refractivity contribution in [2.24, 2.45) is 11.8 Å². The molecule has 10 nitrogen and oxygen atoms in total. The SMILES string of the molecule is COc1cc2nc(-c3ccc(N4CCN(C(=O)OC(C)(C)C)CC4)nc3)cc(N3C[C@@H]4CCNC(=O)[C@@H]4C3)c2cc1F. The third kappa shape index (κ3) is 5.52. The van der Waals surface area contributed by atoms with Gasteiger partial charge in [0.2, 0.25) is 5.91 Å². The van der Waals surface area contributed by atoms with Crippen LogP contribution in [-0.2, 0) is 9.53 Å². The highest BCUT2D eigenvalue weighted by Crippen LogP contribution is 2.39. The number of rotatable bonds is 4. The standard InChI is InChI=1S/C31H37FN6O4/c1-31(2,3)42-30(40)37-11-9-36(10-12-37)28-6-5-19(16-34-28)24-14-26(21-13-23(32)27(41-4)15-25(21)35-24)38-17-20-7-8-33-29(39)22(20)18-38/h5-6,13-16,20,22H,7-12,17-18H2,1-4H3,(H,33,39)/t20-,22+/m0/s1. The second-order valence-electron chi connectivity index (χ2n) is 12.2. The van der Waals surface area contributed by atoms with Gasteiger partial charge in [0.05, 0.1) is 24.2 Å². The van der Waals surface area contributed by atoms with E-state index in [1.165, 1.54) is 13.2 Å². The number of carbonyl (C=O) groups is 2. The Hall–Kier alpha value is -4.15. The lowest BCUT2D eigenvalue weighted by Crippen LogP contribution is -2.50. The third-order valence-corrected chi connectivity index (χ3v) is 8.29. The highest BCUT2D eigenvalue weighted by atomic mass is 19.1. The lowest BCUT2D eigenvalue weighted by molar-refractivity contribution is -0.127. The fourth-order valence-electron chi connectivity index (χ4n) is 6.11. The number of pyridine rings is 2. The van der Waals surface area contributed by atoms with E-state index in [4.69, 9.17) is 19.4 Å². The van der Waals surface area contributed by atoms with Gasteiger partial charge in [0.1, 0.15) is 11.4 Å². The fourth-order valence-corrected chi connectivity index (χ4v) is 6.11. The Kier molecular flexibility index (Phi) is 7.28. The summed E-state index contributed by atoms with van der Waals surface area (Å²) in [4.78, 5) is 40.6. The van der Waals surface area contributed by atoms with Gasteiger partial charge in [-0.2, -0.15) is 0 Å². The van der Waals surface area contributed by atoms with Crippen LogP contribution in [0.2, 0.25) is 0 Å². The zero-order valence-corrected chi connectivity index (χ0v) is 24.5. The van der Waals surface area contributed by atoms with Gasteiger partial charge in [-0.3, -0.25) is 4.79 Å². The Bertz CT molecular complexity index is 1500. The normalized spacial score (nSPS) is 20.9. The number of nitrogens with zero attached hydrogens (tertiary/aromatic N) is 5. The van der Waals surface area contributed by atoms with Crippen LogP contribution in [0.15, 0.2) is 36.5 Å². The number of amides is 2. The molecule has 0 bridgehead atoms. The molecule has 3 aliphatic heterocycles. The number of piperazine rings is 1. The van der Waals surface area contributed by atoms with E-state index in [1.54, 1.807) is 17.2 Å². The first-order valence-electron chi connectivity index (χ1n) is 14.5. The number of halogens is 1. The number of anilines is 2. The first-order chi connectivity index (χ1) is 20.1. The number of benzene rings is 1. The highest BCUT2D eigenvalue weighted by Gasteiger charge is 2.40. The molecule has 0 spiro atoms. The van der Waals surface area contributed by atoms with E-state index in [0.717, 1.165) is 30.0 Å². The molecule has 2 aromatic heterocycles. The molecule has 1 N–H and O–H groups in total. The number of piperidine rings is 1. The molecule has 3 aromatic rings. The van der Waals surface area contributed by atoms with E-state index >= 15 is 0 Å². The first-order valence-corrected chi connectivity index (χ1v) is 14.5. The second kappa shape index (κ2) is 10.9. The van der Waals surface area contributed by atoms with Crippen molar-refractivity contribution < 1.29 is 23.5 Å². The predicted molar refractivity (Wildman–Crippen MR) is 158 cm³/mol. The summed E-state index contributed by atoms with van der Waals surface area (Å²) in [7, 11) is 1.44. The summed E-state index contributed by atoms with van der Waals surface area (Å²) < 4.78 is 25.6. The van der Waals surface area contributed by atoms with Crippen LogP contribution in [0.5, 0.6) is 5.75 Å². The third-order valence-electron chi connectivity index (χ3n) is 8.29. The topological polar surface area (TPSA) is 100 Å². The van der Waals surface area contributed by atoms with Gasteiger partial charge < -0.3 is 29.5 Å². The largest absolute Gasteiger partial charge is 0.494 e. The van der Waals surface area contributed by atoms with Crippen LogP contribution in [0.25, 0.3) is 22.2 Å². The van der Waals surface area contributed by atoms with E-state index in [0.29, 0.717) is 55.9 Å².